The smallest absolute Gasteiger partial charge is 0.415 e. The molecule has 1 unspecified atom stereocenters. The van der Waals surface area contributed by atoms with Crippen molar-refractivity contribution < 1.29 is 27.8 Å². The normalized spacial score (nSPS) is 19.4. The van der Waals surface area contributed by atoms with E-state index in [-0.39, 0.29) is 5.92 Å². The maximum Gasteiger partial charge on any atom is 0.415 e. The fraction of sp³-hybridized carbons (Fsp3) is 0.625. The van der Waals surface area contributed by atoms with Crippen molar-refractivity contribution in [3.05, 3.63) is 18.2 Å². The molecular formula is C16H23F3N2O3. The Bertz CT molecular complexity index is 518. The summed E-state index contributed by atoms with van der Waals surface area (Å²) >= 11 is 0. The van der Waals surface area contributed by atoms with Crippen LogP contribution in [0.4, 0.5) is 18.9 Å². The van der Waals surface area contributed by atoms with Crippen LogP contribution in [0.5, 0.6) is 11.5 Å². The average molecular weight is 348 g/mol. The van der Waals surface area contributed by atoms with E-state index in [1.54, 1.807) is 20.3 Å². The molecule has 0 amide bonds. The molecule has 5 nitrogen and oxygen atoms in total. The van der Waals surface area contributed by atoms with Gasteiger partial charge in [-0.25, -0.2) is 0 Å². The van der Waals surface area contributed by atoms with Crippen LogP contribution in [-0.4, -0.2) is 57.8 Å². The first-order valence-electron chi connectivity index (χ1n) is 7.77. The third-order valence-electron chi connectivity index (χ3n) is 4.14. The Morgan fingerprint density at radius 2 is 1.88 bits per heavy atom. The molecule has 1 saturated heterocycles. The number of nitrogens with zero attached hydrogens (tertiary/aromatic N) is 1. The Hall–Kier alpha value is -1.67. The van der Waals surface area contributed by atoms with Crippen LogP contribution in [0.3, 0.4) is 0 Å². The molecule has 0 saturated carbocycles. The maximum absolute atomic E-state index is 12.3. The summed E-state index contributed by atoms with van der Waals surface area (Å²) < 4.78 is 47.3. The van der Waals surface area contributed by atoms with Crippen molar-refractivity contribution in [2.75, 3.05) is 45.3 Å². The van der Waals surface area contributed by atoms with Crippen molar-refractivity contribution in [2.24, 2.45) is 5.92 Å². The van der Waals surface area contributed by atoms with Crippen molar-refractivity contribution in [1.29, 1.82) is 0 Å². The van der Waals surface area contributed by atoms with E-state index in [4.69, 9.17) is 14.6 Å². The molecule has 0 aliphatic carbocycles. The minimum Gasteiger partial charge on any atom is -0.497 e. The van der Waals surface area contributed by atoms with E-state index >= 15 is 0 Å². The van der Waals surface area contributed by atoms with Crippen molar-refractivity contribution in [3.8, 4) is 11.5 Å². The zero-order chi connectivity index (χ0) is 17.7. The lowest BCUT2D eigenvalue weighted by atomic mass is 10.1. The predicted molar refractivity (Wildman–Crippen MR) is 84.8 cm³/mol. The van der Waals surface area contributed by atoms with Crippen molar-refractivity contribution in [2.45, 2.75) is 18.7 Å². The lowest BCUT2D eigenvalue weighted by molar-refractivity contribution is -0.201. The number of rotatable bonds is 7. The Morgan fingerprint density at radius 1 is 1.25 bits per heavy atom. The molecular weight excluding hydrogens is 325 g/mol. The van der Waals surface area contributed by atoms with E-state index in [1.165, 1.54) is 0 Å². The summed E-state index contributed by atoms with van der Waals surface area (Å²) in [7, 11) is 3.17. The lowest BCUT2D eigenvalue weighted by Gasteiger charge is -2.21. The molecule has 8 heteroatoms. The molecule has 2 rings (SSSR count). The molecule has 2 atom stereocenters. The van der Waals surface area contributed by atoms with Crippen molar-refractivity contribution in [3.63, 3.8) is 0 Å². The SMILES string of the molecule is COc1cc(OC)cc(N2CCC(CNC[C@H](O)C(F)(F)F)C2)c1. The van der Waals surface area contributed by atoms with Gasteiger partial charge in [0.2, 0.25) is 0 Å². The minimum atomic E-state index is -4.58. The van der Waals surface area contributed by atoms with Gasteiger partial charge in [-0.3, -0.25) is 0 Å². The first kappa shape index (κ1) is 18.7. The zero-order valence-electron chi connectivity index (χ0n) is 13.8. The molecule has 1 aromatic rings. The van der Waals surface area contributed by atoms with E-state index in [0.29, 0.717) is 18.0 Å². The van der Waals surface area contributed by atoms with Gasteiger partial charge < -0.3 is 24.8 Å². The molecule has 0 bridgehead atoms. The molecule has 0 aromatic heterocycles. The van der Waals surface area contributed by atoms with Crippen LogP contribution < -0.4 is 19.7 Å². The van der Waals surface area contributed by atoms with Gasteiger partial charge in [0.15, 0.2) is 6.10 Å². The number of methoxy groups -OCH3 is 2. The first-order valence-corrected chi connectivity index (χ1v) is 7.77. The van der Waals surface area contributed by atoms with Crippen molar-refractivity contribution in [1.82, 2.24) is 5.32 Å². The number of halogens is 3. The van der Waals surface area contributed by atoms with Gasteiger partial charge in [0, 0.05) is 43.5 Å². The molecule has 1 aromatic carbocycles. The highest BCUT2D eigenvalue weighted by Crippen LogP contribution is 2.31. The summed E-state index contributed by atoms with van der Waals surface area (Å²) in [5, 5.41) is 11.7. The van der Waals surface area contributed by atoms with Gasteiger partial charge in [-0.05, 0) is 18.9 Å². The van der Waals surface area contributed by atoms with Gasteiger partial charge in [-0.15, -0.1) is 0 Å². The molecule has 1 aliphatic rings. The topological polar surface area (TPSA) is 54.0 Å². The summed E-state index contributed by atoms with van der Waals surface area (Å²) in [6.07, 6.45) is -6.03. The molecule has 1 heterocycles. The molecule has 1 fully saturated rings. The monoisotopic (exact) mass is 348 g/mol. The van der Waals surface area contributed by atoms with Crippen molar-refractivity contribution >= 4 is 5.69 Å². The van der Waals surface area contributed by atoms with Crippen LogP contribution in [0.15, 0.2) is 18.2 Å². The fourth-order valence-electron chi connectivity index (χ4n) is 2.75. The number of nitrogens with one attached hydrogen (secondary N) is 1. The van der Waals surface area contributed by atoms with Gasteiger partial charge in [-0.1, -0.05) is 0 Å². The van der Waals surface area contributed by atoms with Crippen LogP contribution in [0.1, 0.15) is 6.42 Å². The second-order valence-electron chi connectivity index (χ2n) is 5.89. The molecule has 2 N–H and O–H groups in total. The average Bonchev–Trinajstić information content (AvgIpc) is 3.02. The van der Waals surface area contributed by atoms with Crippen LogP contribution >= 0.6 is 0 Å². The number of aliphatic hydroxyl groups excluding tert-OH is 1. The summed E-state index contributed by atoms with van der Waals surface area (Å²) in [6, 6.07) is 5.61. The molecule has 24 heavy (non-hydrogen) atoms. The van der Waals surface area contributed by atoms with E-state index in [1.807, 2.05) is 12.1 Å². The van der Waals surface area contributed by atoms with Gasteiger partial charge in [0.05, 0.1) is 14.2 Å². The summed E-state index contributed by atoms with van der Waals surface area (Å²) in [5.41, 5.74) is 0.962. The first-order chi connectivity index (χ1) is 11.3. The standard InChI is InChI=1S/C16H23F3N2O3/c1-23-13-5-12(6-14(7-13)24-2)21-4-3-11(10-21)8-20-9-15(22)16(17,18)19/h5-7,11,15,20,22H,3-4,8-10H2,1-2H3/t11?,15-/m0/s1. The number of hydrogen-bond donors (Lipinski definition) is 2. The van der Waals surface area contributed by atoms with E-state index < -0.39 is 18.8 Å². The van der Waals surface area contributed by atoms with E-state index in [0.717, 1.165) is 25.2 Å². The summed E-state index contributed by atoms with van der Waals surface area (Å²) in [5.74, 6) is 1.61. The van der Waals surface area contributed by atoms with Crippen LogP contribution in [0, 0.1) is 5.92 Å². The van der Waals surface area contributed by atoms with Gasteiger partial charge >= 0.3 is 6.18 Å². The molecule has 1 aliphatic heterocycles. The number of benzene rings is 1. The number of aliphatic hydroxyl groups is 1. The third kappa shape index (κ3) is 4.91. The maximum atomic E-state index is 12.3. The quantitative estimate of drug-likeness (QED) is 0.790. The Labute approximate surface area is 139 Å². The van der Waals surface area contributed by atoms with E-state index in [9.17, 15) is 13.2 Å². The van der Waals surface area contributed by atoms with Crippen LogP contribution in [0.25, 0.3) is 0 Å². The Balaban J connectivity index is 1.87. The number of ether oxygens (including phenoxy) is 2. The highest BCUT2D eigenvalue weighted by molar-refractivity contribution is 5.56. The highest BCUT2D eigenvalue weighted by Gasteiger charge is 2.37. The van der Waals surface area contributed by atoms with Gasteiger partial charge in [0.1, 0.15) is 11.5 Å². The predicted octanol–water partition coefficient (Wildman–Crippen LogP) is 2.04. The number of hydrogen-bond acceptors (Lipinski definition) is 5. The molecule has 136 valence electrons. The summed E-state index contributed by atoms with van der Waals surface area (Å²) in [6.45, 7) is 1.49. The highest BCUT2D eigenvalue weighted by atomic mass is 19.4. The second-order valence-corrected chi connectivity index (χ2v) is 5.89. The largest absolute Gasteiger partial charge is 0.497 e. The Morgan fingerprint density at radius 3 is 2.42 bits per heavy atom. The zero-order valence-corrected chi connectivity index (χ0v) is 13.8. The van der Waals surface area contributed by atoms with Crippen LogP contribution in [0.2, 0.25) is 0 Å². The van der Waals surface area contributed by atoms with Gasteiger partial charge in [-0.2, -0.15) is 13.2 Å². The fourth-order valence-corrected chi connectivity index (χ4v) is 2.75. The molecule has 0 radical (unpaired) electrons. The second kappa shape index (κ2) is 7.94. The summed E-state index contributed by atoms with van der Waals surface area (Å²) in [4.78, 5) is 2.15. The van der Waals surface area contributed by atoms with Crippen LogP contribution in [-0.2, 0) is 0 Å². The molecule has 0 spiro atoms. The third-order valence-corrected chi connectivity index (χ3v) is 4.14. The Kier molecular flexibility index (Phi) is 6.17. The van der Waals surface area contributed by atoms with Gasteiger partial charge in [0.25, 0.3) is 0 Å². The number of alkyl halides is 3. The van der Waals surface area contributed by atoms with E-state index in [2.05, 4.69) is 10.2 Å². The number of anilines is 1. The lowest BCUT2D eigenvalue weighted by Crippen LogP contribution is -2.40. The minimum absolute atomic E-state index is 0.225.